The van der Waals surface area contributed by atoms with E-state index in [1.54, 1.807) is 18.2 Å². The van der Waals surface area contributed by atoms with Crippen LogP contribution in [-0.4, -0.2) is 4.92 Å². The molecule has 2 rings (SSSR count). The highest BCUT2D eigenvalue weighted by Gasteiger charge is 1.98. The number of hydrogen-bond donors (Lipinski definition) is 1. The number of nitrogens with zero attached hydrogens (tertiary/aromatic N) is 1. The number of nitrogen functional groups attached to an aromatic ring is 1. The maximum Gasteiger partial charge on any atom is 0.269 e. The molecule has 0 aliphatic heterocycles. The van der Waals surface area contributed by atoms with Crippen LogP contribution >= 0.6 is 12.4 Å². The minimum atomic E-state index is -0.417. The Bertz CT molecular complexity index is 435. The lowest BCUT2D eigenvalue weighted by molar-refractivity contribution is -0.384. The van der Waals surface area contributed by atoms with Gasteiger partial charge in [0.25, 0.3) is 5.69 Å². The molecule has 0 saturated heterocycles. The molecule has 0 spiro atoms. The van der Waals surface area contributed by atoms with E-state index in [-0.39, 0.29) is 18.1 Å². The zero-order valence-corrected chi connectivity index (χ0v) is 9.84. The second kappa shape index (κ2) is 8.13. The van der Waals surface area contributed by atoms with Crippen LogP contribution < -0.4 is 5.73 Å². The number of rotatable bonds is 1. The van der Waals surface area contributed by atoms with Crippen LogP contribution in [0.1, 0.15) is 0 Å². The van der Waals surface area contributed by atoms with E-state index in [1.165, 1.54) is 12.1 Å². The number of nitro groups is 1. The zero-order chi connectivity index (χ0) is 11.8. The molecule has 0 bridgehead atoms. The Morgan fingerprint density at radius 1 is 0.882 bits per heavy atom. The maximum absolute atomic E-state index is 10.0. The Morgan fingerprint density at radius 3 is 1.53 bits per heavy atom. The standard InChI is InChI=1S/C6H5NO2.C6H7N.ClH/c8-7(9)6-4-2-1-3-5-6;7-6-4-2-1-3-5-6;/h1-5H;1-5H,7H2;1H. The highest BCUT2D eigenvalue weighted by molar-refractivity contribution is 5.85. The number of nitrogens with two attached hydrogens (primary N) is 1. The minimum Gasteiger partial charge on any atom is -0.399 e. The molecule has 90 valence electrons. The summed E-state index contributed by atoms with van der Waals surface area (Å²) in [4.78, 5) is 9.59. The van der Waals surface area contributed by atoms with Crippen molar-refractivity contribution in [2.75, 3.05) is 5.73 Å². The van der Waals surface area contributed by atoms with E-state index in [0.717, 1.165) is 5.69 Å². The molecule has 0 unspecified atom stereocenters. The summed E-state index contributed by atoms with van der Waals surface area (Å²) < 4.78 is 0. The van der Waals surface area contributed by atoms with Gasteiger partial charge in [-0.25, -0.2) is 0 Å². The Hall–Kier alpha value is -2.07. The summed E-state index contributed by atoms with van der Waals surface area (Å²) in [5.41, 5.74) is 6.32. The van der Waals surface area contributed by atoms with Crippen LogP contribution in [-0.2, 0) is 0 Å². The van der Waals surface area contributed by atoms with Gasteiger partial charge in [0.15, 0.2) is 0 Å². The van der Waals surface area contributed by atoms with Crippen molar-refractivity contribution in [3.05, 3.63) is 70.8 Å². The third kappa shape index (κ3) is 6.17. The van der Waals surface area contributed by atoms with Crippen molar-refractivity contribution in [1.82, 2.24) is 0 Å². The SMILES string of the molecule is Cl.Nc1ccccc1.O=[N+]([O-])c1ccccc1. The lowest BCUT2D eigenvalue weighted by Crippen LogP contribution is -1.84. The summed E-state index contributed by atoms with van der Waals surface area (Å²) >= 11 is 0. The number of para-hydroxylation sites is 2. The predicted molar refractivity (Wildman–Crippen MR) is 71.2 cm³/mol. The van der Waals surface area contributed by atoms with E-state index in [1.807, 2.05) is 30.3 Å². The molecule has 17 heavy (non-hydrogen) atoms. The van der Waals surface area contributed by atoms with E-state index >= 15 is 0 Å². The van der Waals surface area contributed by atoms with Gasteiger partial charge in [-0.1, -0.05) is 36.4 Å². The van der Waals surface area contributed by atoms with E-state index in [9.17, 15) is 10.1 Å². The quantitative estimate of drug-likeness (QED) is 0.481. The Balaban J connectivity index is 0.000000292. The van der Waals surface area contributed by atoms with Crippen LogP contribution in [0.25, 0.3) is 0 Å². The summed E-state index contributed by atoms with van der Waals surface area (Å²) in [7, 11) is 0. The molecule has 2 aromatic carbocycles. The lowest BCUT2D eigenvalue weighted by atomic mass is 10.3. The first-order valence-electron chi connectivity index (χ1n) is 4.70. The number of halogens is 1. The van der Waals surface area contributed by atoms with Gasteiger partial charge in [-0.05, 0) is 12.1 Å². The van der Waals surface area contributed by atoms with Crippen molar-refractivity contribution < 1.29 is 4.92 Å². The van der Waals surface area contributed by atoms with Gasteiger partial charge >= 0.3 is 0 Å². The lowest BCUT2D eigenvalue weighted by Gasteiger charge is -1.85. The molecule has 0 atom stereocenters. The van der Waals surface area contributed by atoms with Crippen molar-refractivity contribution >= 4 is 23.8 Å². The Kier molecular flexibility index (Phi) is 7.14. The van der Waals surface area contributed by atoms with Crippen molar-refractivity contribution in [2.45, 2.75) is 0 Å². The first-order valence-corrected chi connectivity index (χ1v) is 4.70. The predicted octanol–water partition coefficient (Wildman–Crippen LogP) is 3.29. The average Bonchev–Trinajstić information content (AvgIpc) is 2.32. The van der Waals surface area contributed by atoms with Crippen molar-refractivity contribution in [3.63, 3.8) is 0 Å². The van der Waals surface area contributed by atoms with Crippen molar-refractivity contribution in [3.8, 4) is 0 Å². The Morgan fingerprint density at radius 2 is 1.29 bits per heavy atom. The zero-order valence-electron chi connectivity index (χ0n) is 9.02. The molecule has 0 fully saturated rings. The molecule has 0 radical (unpaired) electrons. The smallest absolute Gasteiger partial charge is 0.269 e. The summed E-state index contributed by atoms with van der Waals surface area (Å²) in [5, 5.41) is 10.0. The van der Waals surface area contributed by atoms with Gasteiger partial charge in [0, 0.05) is 17.8 Å². The normalized spacial score (nSPS) is 8.24. The maximum atomic E-state index is 10.0. The summed E-state index contributed by atoms with van der Waals surface area (Å²) in [6, 6.07) is 17.4. The van der Waals surface area contributed by atoms with E-state index in [0.29, 0.717) is 0 Å². The molecule has 4 nitrogen and oxygen atoms in total. The first-order chi connectivity index (χ1) is 7.70. The van der Waals surface area contributed by atoms with E-state index < -0.39 is 4.92 Å². The fourth-order valence-corrected chi connectivity index (χ4v) is 1.00. The van der Waals surface area contributed by atoms with Crippen molar-refractivity contribution in [1.29, 1.82) is 0 Å². The molecular formula is C12H13ClN2O2. The summed E-state index contributed by atoms with van der Waals surface area (Å²) in [5.74, 6) is 0. The monoisotopic (exact) mass is 252 g/mol. The molecule has 0 aliphatic carbocycles. The van der Waals surface area contributed by atoms with Gasteiger partial charge in [-0.15, -0.1) is 12.4 Å². The largest absolute Gasteiger partial charge is 0.399 e. The van der Waals surface area contributed by atoms with Crippen LogP contribution in [0.3, 0.4) is 0 Å². The molecule has 2 N–H and O–H groups in total. The van der Waals surface area contributed by atoms with Gasteiger partial charge < -0.3 is 5.73 Å². The summed E-state index contributed by atoms with van der Waals surface area (Å²) in [6.07, 6.45) is 0. The highest BCUT2D eigenvalue weighted by atomic mass is 35.5. The minimum absolute atomic E-state index is 0. The third-order valence-electron chi connectivity index (χ3n) is 1.77. The van der Waals surface area contributed by atoms with E-state index in [4.69, 9.17) is 5.73 Å². The van der Waals surface area contributed by atoms with Crippen LogP contribution in [0.2, 0.25) is 0 Å². The molecule has 0 amide bonds. The number of non-ortho nitro benzene ring substituents is 1. The van der Waals surface area contributed by atoms with Crippen LogP contribution in [0, 0.1) is 10.1 Å². The molecular weight excluding hydrogens is 240 g/mol. The Labute approximate surface area is 106 Å². The number of nitro benzene ring substituents is 1. The van der Waals surface area contributed by atoms with Crippen LogP contribution in [0.5, 0.6) is 0 Å². The molecule has 0 saturated carbocycles. The van der Waals surface area contributed by atoms with Gasteiger partial charge in [0.05, 0.1) is 4.92 Å². The third-order valence-corrected chi connectivity index (χ3v) is 1.77. The average molecular weight is 253 g/mol. The van der Waals surface area contributed by atoms with Crippen molar-refractivity contribution in [2.24, 2.45) is 0 Å². The van der Waals surface area contributed by atoms with E-state index in [2.05, 4.69) is 0 Å². The van der Waals surface area contributed by atoms with Gasteiger partial charge in [-0.3, -0.25) is 10.1 Å². The number of benzene rings is 2. The highest BCUT2D eigenvalue weighted by Crippen LogP contribution is 2.06. The van der Waals surface area contributed by atoms with Gasteiger partial charge in [0.1, 0.15) is 0 Å². The second-order valence-electron chi connectivity index (χ2n) is 3.00. The molecule has 0 aromatic heterocycles. The molecule has 0 heterocycles. The van der Waals surface area contributed by atoms with Gasteiger partial charge in [0.2, 0.25) is 0 Å². The number of hydrogen-bond acceptors (Lipinski definition) is 3. The van der Waals surface area contributed by atoms with Gasteiger partial charge in [-0.2, -0.15) is 0 Å². The topological polar surface area (TPSA) is 69.2 Å². The van der Waals surface area contributed by atoms with Crippen LogP contribution in [0.15, 0.2) is 60.7 Å². The molecule has 5 heteroatoms. The molecule has 2 aromatic rings. The second-order valence-corrected chi connectivity index (χ2v) is 3.00. The fourth-order valence-electron chi connectivity index (χ4n) is 1.00. The number of anilines is 1. The fraction of sp³-hybridized carbons (Fsp3) is 0. The van der Waals surface area contributed by atoms with Crippen LogP contribution in [0.4, 0.5) is 11.4 Å². The summed E-state index contributed by atoms with van der Waals surface area (Å²) in [6.45, 7) is 0. The molecule has 0 aliphatic rings. The first kappa shape index (κ1) is 14.9.